The van der Waals surface area contributed by atoms with Gasteiger partial charge in [-0.3, -0.25) is 4.90 Å². The predicted octanol–water partition coefficient (Wildman–Crippen LogP) is 1.52. The van der Waals surface area contributed by atoms with Gasteiger partial charge >= 0.3 is 6.18 Å². The number of halogens is 3. The van der Waals surface area contributed by atoms with Gasteiger partial charge in [-0.1, -0.05) is 0 Å². The zero-order valence-corrected chi connectivity index (χ0v) is 9.75. The molecule has 0 aromatic heterocycles. The number of nitrogens with two attached hydrogens (primary N) is 1. The lowest BCUT2D eigenvalue weighted by Crippen LogP contribution is -2.58. The highest BCUT2D eigenvalue weighted by molar-refractivity contribution is 4.92. The Morgan fingerprint density at radius 1 is 1.12 bits per heavy atom. The minimum Gasteiger partial charge on any atom is -0.381 e. The van der Waals surface area contributed by atoms with Gasteiger partial charge in [0.05, 0.1) is 0 Å². The number of alkyl halides is 3. The first-order chi connectivity index (χ1) is 7.98. The highest BCUT2D eigenvalue weighted by Crippen LogP contribution is 2.34. The van der Waals surface area contributed by atoms with Crippen LogP contribution in [-0.2, 0) is 4.74 Å². The average Bonchev–Trinajstić information content (AvgIpc) is 2.29. The third-order valence-corrected chi connectivity index (χ3v) is 3.72. The molecule has 0 bridgehead atoms. The quantitative estimate of drug-likeness (QED) is 0.769. The minimum atomic E-state index is -4.17. The van der Waals surface area contributed by atoms with E-state index in [1.165, 1.54) is 0 Å². The molecule has 2 N–H and O–H groups in total. The molecule has 0 aliphatic carbocycles. The molecule has 0 spiro atoms. The fourth-order valence-electron chi connectivity index (χ4n) is 2.79. The molecular weight excluding hydrogens is 233 g/mol. The van der Waals surface area contributed by atoms with Crippen LogP contribution >= 0.6 is 0 Å². The van der Waals surface area contributed by atoms with E-state index in [0.29, 0.717) is 39.0 Å². The molecule has 0 aromatic carbocycles. The van der Waals surface area contributed by atoms with Crippen LogP contribution in [0.2, 0.25) is 0 Å². The highest BCUT2D eigenvalue weighted by Gasteiger charge is 2.48. The molecule has 2 fully saturated rings. The van der Waals surface area contributed by atoms with Crippen LogP contribution in [0.25, 0.3) is 0 Å². The maximum atomic E-state index is 13.0. The summed E-state index contributed by atoms with van der Waals surface area (Å²) in [5.74, 6) is 0. The first-order valence-electron chi connectivity index (χ1n) is 6.14. The Balaban J connectivity index is 2.06. The molecule has 3 nitrogen and oxygen atoms in total. The van der Waals surface area contributed by atoms with Crippen LogP contribution in [0.4, 0.5) is 13.2 Å². The summed E-state index contributed by atoms with van der Waals surface area (Å²) in [5, 5.41) is 0. The standard InChI is InChI=1S/C11H19F3N2O/c12-11(13,14)10-7-8(15)1-4-16(10)9-2-5-17-6-3-9/h8-10H,1-7,15H2/t8?,10-/m0/s1. The Bertz CT molecular complexity index is 254. The molecule has 17 heavy (non-hydrogen) atoms. The van der Waals surface area contributed by atoms with Crippen molar-refractivity contribution in [3.63, 3.8) is 0 Å². The Labute approximate surface area is 99.1 Å². The Hall–Kier alpha value is -0.330. The third kappa shape index (κ3) is 3.11. The first-order valence-corrected chi connectivity index (χ1v) is 6.14. The number of rotatable bonds is 1. The lowest BCUT2D eigenvalue weighted by molar-refractivity contribution is -0.202. The second kappa shape index (κ2) is 5.12. The minimum absolute atomic E-state index is 0.00266. The van der Waals surface area contributed by atoms with Gasteiger partial charge in [-0.15, -0.1) is 0 Å². The third-order valence-electron chi connectivity index (χ3n) is 3.72. The molecule has 6 heteroatoms. The molecular formula is C11H19F3N2O. The molecule has 0 radical (unpaired) electrons. The Morgan fingerprint density at radius 3 is 2.35 bits per heavy atom. The molecule has 100 valence electrons. The van der Waals surface area contributed by atoms with Gasteiger partial charge in [0.2, 0.25) is 0 Å². The molecule has 2 aliphatic rings. The van der Waals surface area contributed by atoms with E-state index in [4.69, 9.17) is 10.5 Å². The van der Waals surface area contributed by atoms with Crippen molar-refractivity contribution in [2.45, 2.75) is 50.0 Å². The van der Waals surface area contributed by atoms with E-state index in [9.17, 15) is 13.2 Å². The molecule has 2 atom stereocenters. The number of hydrogen-bond donors (Lipinski definition) is 1. The smallest absolute Gasteiger partial charge is 0.381 e. The van der Waals surface area contributed by atoms with Crippen LogP contribution in [0.3, 0.4) is 0 Å². The summed E-state index contributed by atoms with van der Waals surface area (Å²) in [5.41, 5.74) is 5.66. The van der Waals surface area contributed by atoms with E-state index >= 15 is 0 Å². The van der Waals surface area contributed by atoms with Gasteiger partial charge in [-0.25, -0.2) is 0 Å². The molecule has 0 amide bonds. The maximum Gasteiger partial charge on any atom is 0.404 e. The van der Waals surface area contributed by atoms with Crippen molar-refractivity contribution in [3.8, 4) is 0 Å². The summed E-state index contributed by atoms with van der Waals surface area (Å²) in [4.78, 5) is 1.60. The monoisotopic (exact) mass is 252 g/mol. The van der Waals surface area contributed by atoms with Gasteiger partial charge in [-0.2, -0.15) is 13.2 Å². The van der Waals surface area contributed by atoms with Gasteiger partial charge < -0.3 is 10.5 Å². The van der Waals surface area contributed by atoms with E-state index in [1.54, 1.807) is 4.90 Å². The van der Waals surface area contributed by atoms with Crippen molar-refractivity contribution >= 4 is 0 Å². The lowest BCUT2D eigenvalue weighted by Gasteiger charge is -2.44. The van der Waals surface area contributed by atoms with Crippen LogP contribution in [-0.4, -0.2) is 49.0 Å². The number of piperidine rings is 1. The molecule has 2 rings (SSSR count). The summed E-state index contributed by atoms with van der Waals surface area (Å²) in [7, 11) is 0. The van der Waals surface area contributed by atoms with Crippen molar-refractivity contribution in [1.29, 1.82) is 0 Å². The SMILES string of the molecule is NC1CCN(C2CCOCC2)[C@H](C(F)(F)F)C1. The second-order valence-corrected chi connectivity index (χ2v) is 4.92. The van der Waals surface area contributed by atoms with Gasteiger partial charge in [0, 0.05) is 31.8 Å². The van der Waals surface area contributed by atoms with Crippen molar-refractivity contribution in [2.75, 3.05) is 19.8 Å². The fourth-order valence-corrected chi connectivity index (χ4v) is 2.79. The Morgan fingerprint density at radius 2 is 1.76 bits per heavy atom. The van der Waals surface area contributed by atoms with E-state index < -0.39 is 12.2 Å². The number of ether oxygens (including phenoxy) is 1. The van der Waals surface area contributed by atoms with Crippen LogP contribution in [0.1, 0.15) is 25.7 Å². The van der Waals surface area contributed by atoms with E-state index in [0.717, 1.165) is 0 Å². The lowest BCUT2D eigenvalue weighted by atomic mass is 9.93. The summed E-state index contributed by atoms with van der Waals surface area (Å²) in [6.07, 6.45) is -2.09. The zero-order valence-electron chi connectivity index (χ0n) is 9.75. The van der Waals surface area contributed by atoms with Gasteiger partial charge in [0.15, 0.2) is 0 Å². The fraction of sp³-hybridized carbons (Fsp3) is 1.00. The summed E-state index contributed by atoms with van der Waals surface area (Å²) in [6.45, 7) is 1.59. The second-order valence-electron chi connectivity index (χ2n) is 4.92. The number of hydrogen-bond acceptors (Lipinski definition) is 3. The maximum absolute atomic E-state index is 13.0. The summed E-state index contributed by atoms with van der Waals surface area (Å²) in [6, 6.07) is -1.69. The van der Waals surface area contributed by atoms with Crippen molar-refractivity contribution in [1.82, 2.24) is 4.90 Å². The summed E-state index contributed by atoms with van der Waals surface area (Å²) >= 11 is 0. The normalized spacial score (nSPS) is 33.9. The topological polar surface area (TPSA) is 38.5 Å². The first kappa shape index (κ1) is 13.1. The van der Waals surface area contributed by atoms with Gasteiger partial charge in [-0.05, 0) is 25.7 Å². The molecule has 2 heterocycles. The van der Waals surface area contributed by atoms with E-state index in [-0.39, 0.29) is 18.5 Å². The van der Waals surface area contributed by atoms with Gasteiger partial charge in [0.25, 0.3) is 0 Å². The zero-order chi connectivity index (χ0) is 12.5. The predicted molar refractivity (Wildman–Crippen MR) is 57.6 cm³/mol. The molecule has 1 unspecified atom stereocenters. The largest absolute Gasteiger partial charge is 0.404 e. The van der Waals surface area contributed by atoms with Gasteiger partial charge in [0.1, 0.15) is 6.04 Å². The van der Waals surface area contributed by atoms with Crippen LogP contribution in [0, 0.1) is 0 Å². The molecule has 2 aliphatic heterocycles. The number of nitrogens with zero attached hydrogens (tertiary/aromatic N) is 1. The van der Waals surface area contributed by atoms with Crippen molar-refractivity contribution in [3.05, 3.63) is 0 Å². The van der Waals surface area contributed by atoms with Crippen molar-refractivity contribution < 1.29 is 17.9 Å². The van der Waals surface area contributed by atoms with Crippen molar-refractivity contribution in [2.24, 2.45) is 5.73 Å². The molecule has 0 aromatic rings. The Kier molecular flexibility index (Phi) is 3.95. The van der Waals surface area contributed by atoms with E-state index in [2.05, 4.69) is 0 Å². The average molecular weight is 252 g/mol. The summed E-state index contributed by atoms with van der Waals surface area (Å²) < 4.78 is 44.2. The molecule has 0 saturated carbocycles. The highest BCUT2D eigenvalue weighted by atomic mass is 19.4. The molecule has 2 saturated heterocycles. The van der Waals surface area contributed by atoms with Crippen LogP contribution < -0.4 is 5.73 Å². The van der Waals surface area contributed by atoms with Crippen LogP contribution in [0.15, 0.2) is 0 Å². The van der Waals surface area contributed by atoms with E-state index in [1.807, 2.05) is 0 Å². The van der Waals surface area contributed by atoms with Crippen LogP contribution in [0.5, 0.6) is 0 Å². The number of likely N-dealkylation sites (tertiary alicyclic amines) is 1.